The van der Waals surface area contributed by atoms with Gasteiger partial charge in [0.15, 0.2) is 5.75 Å². The Bertz CT molecular complexity index is 691. The van der Waals surface area contributed by atoms with E-state index >= 15 is 0 Å². The van der Waals surface area contributed by atoms with Crippen LogP contribution in [0.1, 0.15) is 12.5 Å². The molecule has 0 saturated carbocycles. The summed E-state index contributed by atoms with van der Waals surface area (Å²) in [6.45, 7) is 2.03. The topological polar surface area (TPSA) is 79.2 Å². The molecule has 0 bridgehead atoms. The van der Waals surface area contributed by atoms with Crippen LogP contribution in [0.5, 0.6) is 5.75 Å². The lowest BCUT2D eigenvalue weighted by Crippen LogP contribution is -2.35. The summed E-state index contributed by atoms with van der Waals surface area (Å²) in [5, 5.41) is 11.7. The molecule has 2 aromatic carbocycles. The molecule has 18 heavy (non-hydrogen) atoms. The van der Waals surface area contributed by atoms with Crippen molar-refractivity contribution < 1.29 is 4.74 Å². The summed E-state index contributed by atoms with van der Waals surface area (Å²) in [6.07, 6.45) is 0. The summed E-state index contributed by atoms with van der Waals surface area (Å²) in [6, 6.07) is 8.73. The zero-order valence-corrected chi connectivity index (χ0v) is 9.69. The fraction of sp³-hybridized carbons (Fsp3) is 0.154. The molecule has 5 nitrogen and oxygen atoms in total. The third-order valence-electron chi connectivity index (χ3n) is 2.46. The molecule has 2 rings (SSSR count). The van der Waals surface area contributed by atoms with Gasteiger partial charge in [0.1, 0.15) is 11.8 Å². The molecular weight excluding hydrogens is 232 g/mol. The van der Waals surface area contributed by atoms with Gasteiger partial charge < -0.3 is 10.1 Å². The molecule has 0 unspecified atom stereocenters. The van der Waals surface area contributed by atoms with E-state index in [4.69, 9.17) is 10.00 Å². The molecule has 0 atom stereocenters. The maximum absolute atomic E-state index is 11.4. The average molecular weight is 242 g/mol. The Morgan fingerprint density at radius 3 is 2.67 bits per heavy atom. The van der Waals surface area contributed by atoms with Gasteiger partial charge in [0.25, 0.3) is 10.9 Å². The van der Waals surface area contributed by atoms with Crippen LogP contribution in [0.2, 0.25) is 0 Å². The highest BCUT2D eigenvalue weighted by Gasteiger charge is 2.22. The van der Waals surface area contributed by atoms with Gasteiger partial charge in [-0.15, -0.1) is 0 Å². The lowest BCUT2D eigenvalue weighted by Gasteiger charge is -2.13. The molecular formula is C13H10N2O3. The van der Waals surface area contributed by atoms with Crippen LogP contribution in [0, 0.1) is 11.3 Å². The van der Waals surface area contributed by atoms with E-state index in [0.29, 0.717) is 17.9 Å². The van der Waals surface area contributed by atoms with Gasteiger partial charge >= 0.3 is 0 Å². The minimum absolute atomic E-state index is 0.0373. The molecule has 2 aromatic rings. The van der Waals surface area contributed by atoms with Crippen molar-refractivity contribution in [3.63, 3.8) is 0 Å². The first-order chi connectivity index (χ1) is 8.69. The second-order valence-corrected chi connectivity index (χ2v) is 3.58. The molecule has 0 aliphatic rings. The third kappa shape index (κ3) is 1.84. The Hall–Kier alpha value is -2.61. The average Bonchev–Trinajstić information content (AvgIpc) is 2.42. The standard InChI is InChI=1S/C13H10N2O3/c1-2-18-13-10(11(16)12(13)17)15-9-6-4-3-5-8(9)7-14/h3-6,15H,2H2,1H3. The highest BCUT2D eigenvalue weighted by molar-refractivity contribution is 5.73. The minimum atomic E-state index is -0.631. The number of rotatable bonds is 4. The van der Waals surface area contributed by atoms with Gasteiger partial charge in [-0.2, -0.15) is 5.26 Å². The van der Waals surface area contributed by atoms with Gasteiger partial charge in [-0.3, -0.25) is 9.59 Å². The summed E-state index contributed by atoms with van der Waals surface area (Å²) in [7, 11) is 0. The largest absolute Gasteiger partial charge is 0.488 e. The first-order valence-corrected chi connectivity index (χ1v) is 5.41. The first kappa shape index (κ1) is 11.9. The predicted octanol–water partition coefficient (Wildman–Crippen LogP) is 1.30. The number of benzene rings is 1. The SMILES string of the molecule is CCOc1c(Nc2ccccc2C#N)c(=O)c1=O. The van der Waals surface area contributed by atoms with E-state index in [0.717, 1.165) is 0 Å². The van der Waals surface area contributed by atoms with Crippen molar-refractivity contribution in [1.29, 1.82) is 5.26 Å². The van der Waals surface area contributed by atoms with Crippen LogP contribution in [-0.4, -0.2) is 6.61 Å². The summed E-state index contributed by atoms with van der Waals surface area (Å²) >= 11 is 0. The van der Waals surface area contributed by atoms with Crippen LogP contribution in [0.15, 0.2) is 33.9 Å². The molecule has 5 heteroatoms. The number of nitrogens with zero attached hydrogens (tertiary/aromatic N) is 1. The van der Waals surface area contributed by atoms with Crippen LogP contribution in [0.4, 0.5) is 11.4 Å². The minimum Gasteiger partial charge on any atom is -0.488 e. The summed E-state index contributed by atoms with van der Waals surface area (Å²) in [5.41, 5.74) is -0.259. The molecule has 0 spiro atoms. The van der Waals surface area contributed by atoms with E-state index < -0.39 is 10.9 Å². The van der Waals surface area contributed by atoms with Gasteiger partial charge in [0.05, 0.1) is 17.9 Å². The molecule has 0 aliphatic heterocycles. The van der Waals surface area contributed by atoms with Crippen molar-refractivity contribution in [1.82, 2.24) is 0 Å². The first-order valence-electron chi connectivity index (χ1n) is 5.41. The third-order valence-corrected chi connectivity index (χ3v) is 2.46. The van der Waals surface area contributed by atoms with E-state index in [2.05, 4.69) is 5.32 Å². The number of nitriles is 1. The van der Waals surface area contributed by atoms with Crippen molar-refractivity contribution in [3.05, 3.63) is 50.3 Å². The Balaban J connectivity index is 2.36. The molecule has 1 N–H and O–H groups in total. The van der Waals surface area contributed by atoms with E-state index in [1.165, 1.54) is 0 Å². The Morgan fingerprint density at radius 1 is 1.28 bits per heavy atom. The fourth-order valence-electron chi connectivity index (χ4n) is 1.59. The number of nitrogens with one attached hydrogen (secondary N) is 1. The van der Waals surface area contributed by atoms with Crippen molar-refractivity contribution in [2.45, 2.75) is 6.92 Å². The van der Waals surface area contributed by atoms with E-state index in [1.54, 1.807) is 31.2 Å². The number of hydrogen-bond donors (Lipinski definition) is 1. The molecule has 0 aromatic heterocycles. The van der Waals surface area contributed by atoms with E-state index in [1.807, 2.05) is 6.07 Å². The predicted molar refractivity (Wildman–Crippen MR) is 67.0 cm³/mol. The molecule has 0 fully saturated rings. The lowest BCUT2D eigenvalue weighted by molar-refractivity contribution is 0.335. The molecule has 0 saturated heterocycles. The van der Waals surface area contributed by atoms with Crippen LogP contribution in [-0.2, 0) is 0 Å². The second kappa shape index (κ2) is 4.72. The molecule has 0 radical (unpaired) electrons. The number of para-hydroxylation sites is 1. The van der Waals surface area contributed by atoms with Gasteiger partial charge in [0.2, 0.25) is 0 Å². The Morgan fingerprint density at radius 2 is 2.00 bits per heavy atom. The number of anilines is 2. The zero-order valence-electron chi connectivity index (χ0n) is 9.69. The maximum Gasteiger partial charge on any atom is 0.272 e. The lowest BCUT2D eigenvalue weighted by atomic mass is 10.1. The van der Waals surface area contributed by atoms with Crippen molar-refractivity contribution in [3.8, 4) is 11.8 Å². The van der Waals surface area contributed by atoms with Crippen molar-refractivity contribution in [2.75, 3.05) is 11.9 Å². The number of ether oxygens (including phenoxy) is 1. The van der Waals surface area contributed by atoms with Crippen molar-refractivity contribution in [2.24, 2.45) is 0 Å². The van der Waals surface area contributed by atoms with Crippen LogP contribution in [0.3, 0.4) is 0 Å². The second-order valence-electron chi connectivity index (χ2n) is 3.58. The molecule has 0 amide bonds. The summed E-state index contributed by atoms with van der Waals surface area (Å²) < 4.78 is 5.08. The fourth-order valence-corrected chi connectivity index (χ4v) is 1.59. The zero-order chi connectivity index (χ0) is 13.1. The number of hydrogen-bond acceptors (Lipinski definition) is 5. The van der Waals surface area contributed by atoms with Gasteiger partial charge in [-0.25, -0.2) is 0 Å². The molecule has 90 valence electrons. The summed E-state index contributed by atoms with van der Waals surface area (Å²) in [4.78, 5) is 22.7. The van der Waals surface area contributed by atoms with Crippen LogP contribution >= 0.6 is 0 Å². The smallest absolute Gasteiger partial charge is 0.272 e. The highest BCUT2D eigenvalue weighted by Crippen LogP contribution is 2.24. The maximum atomic E-state index is 11.4. The Labute approximate surface area is 103 Å². The van der Waals surface area contributed by atoms with E-state index in [-0.39, 0.29) is 11.4 Å². The monoisotopic (exact) mass is 242 g/mol. The van der Waals surface area contributed by atoms with Crippen LogP contribution < -0.4 is 20.9 Å². The molecule has 0 heterocycles. The van der Waals surface area contributed by atoms with Gasteiger partial charge in [0, 0.05) is 0 Å². The highest BCUT2D eigenvalue weighted by atomic mass is 16.5. The van der Waals surface area contributed by atoms with Gasteiger partial charge in [-0.1, -0.05) is 12.1 Å². The van der Waals surface area contributed by atoms with E-state index in [9.17, 15) is 9.59 Å². The van der Waals surface area contributed by atoms with Crippen molar-refractivity contribution >= 4 is 11.4 Å². The van der Waals surface area contributed by atoms with Gasteiger partial charge in [-0.05, 0) is 19.1 Å². The van der Waals surface area contributed by atoms with Crippen LogP contribution in [0.25, 0.3) is 0 Å². The normalized spacial score (nSPS) is 10.0. The Kier molecular flexibility index (Phi) is 3.11. The quantitative estimate of drug-likeness (QED) is 0.817. The molecule has 0 aliphatic carbocycles. The summed E-state index contributed by atoms with van der Waals surface area (Å²) in [5.74, 6) is 0.0373.